The highest BCUT2D eigenvalue weighted by atomic mass is 127. The molecule has 1 aromatic carbocycles. The highest BCUT2D eigenvalue weighted by molar-refractivity contribution is 14.0. The molecular formula is C18H25F5IN3. The van der Waals surface area contributed by atoms with E-state index in [2.05, 4.69) is 15.6 Å². The number of aliphatic imine (C=N–C) groups is 1. The fraction of sp³-hybridized carbons (Fsp3) is 0.611. The van der Waals surface area contributed by atoms with Crippen molar-refractivity contribution in [1.29, 1.82) is 0 Å². The molecule has 27 heavy (non-hydrogen) atoms. The van der Waals surface area contributed by atoms with Gasteiger partial charge in [0.2, 0.25) is 0 Å². The Morgan fingerprint density at radius 3 is 2.52 bits per heavy atom. The van der Waals surface area contributed by atoms with Crippen molar-refractivity contribution in [3.63, 3.8) is 0 Å². The van der Waals surface area contributed by atoms with Crippen molar-refractivity contribution in [3.8, 4) is 0 Å². The summed E-state index contributed by atoms with van der Waals surface area (Å²) in [7, 11) is 1.54. The Hall–Kier alpha value is -1.13. The summed E-state index contributed by atoms with van der Waals surface area (Å²) in [5, 5.41) is 6.08. The lowest BCUT2D eigenvalue weighted by atomic mass is 9.85. The van der Waals surface area contributed by atoms with Crippen LogP contribution in [-0.2, 0) is 0 Å². The van der Waals surface area contributed by atoms with Crippen LogP contribution >= 0.6 is 24.0 Å². The van der Waals surface area contributed by atoms with Gasteiger partial charge in [-0.15, -0.1) is 24.0 Å². The molecule has 3 atom stereocenters. The maximum absolute atomic E-state index is 13.3. The summed E-state index contributed by atoms with van der Waals surface area (Å²) in [4.78, 5) is 4.05. The van der Waals surface area contributed by atoms with Crippen LogP contribution in [0.15, 0.2) is 23.2 Å². The van der Waals surface area contributed by atoms with Crippen LogP contribution in [0.3, 0.4) is 0 Å². The first-order chi connectivity index (χ1) is 12.2. The third kappa shape index (κ3) is 7.08. The van der Waals surface area contributed by atoms with E-state index < -0.39 is 23.7 Å². The van der Waals surface area contributed by atoms with Crippen molar-refractivity contribution in [2.45, 2.75) is 50.7 Å². The van der Waals surface area contributed by atoms with E-state index in [9.17, 15) is 22.0 Å². The van der Waals surface area contributed by atoms with E-state index in [0.717, 1.165) is 12.1 Å². The van der Waals surface area contributed by atoms with Crippen molar-refractivity contribution in [3.05, 3.63) is 35.4 Å². The SMILES string of the molecule is CN=C(NCC(C)c1ccc(F)c(F)c1)NC1CCCC(C(F)(F)F)C1.I. The van der Waals surface area contributed by atoms with E-state index >= 15 is 0 Å². The fourth-order valence-corrected chi connectivity index (χ4v) is 3.19. The summed E-state index contributed by atoms with van der Waals surface area (Å²) in [5.41, 5.74) is 0.627. The van der Waals surface area contributed by atoms with E-state index in [-0.39, 0.29) is 48.8 Å². The molecule has 3 unspecified atom stereocenters. The van der Waals surface area contributed by atoms with Gasteiger partial charge in [-0.2, -0.15) is 13.2 Å². The van der Waals surface area contributed by atoms with Gasteiger partial charge in [-0.05, 0) is 42.9 Å². The second-order valence-electron chi connectivity index (χ2n) is 6.77. The van der Waals surface area contributed by atoms with Crippen LogP contribution in [0.25, 0.3) is 0 Å². The minimum Gasteiger partial charge on any atom is -0.356 e. The number of nitrogens with zero attached hydrogens (tertiary/aromatic N) is 1. The fourth-order valence-electron chi connectivity index (χ4n) is 3.19. The normalized spacial score (nSPS) is 22.0. The number of halogens is 6. The van der Waals surface area contributed by atoms with E-state index in [1.807, 2.05) is 6.92 Å². The van der Waals surface area contributed by atoms with Gasteiger partial charge in [0.15, 0.2) is 17.6 Å². The molecule has 1 aliphatic rings. The molecule has 0 spiro atoms. The summed E-state index contributed by atoms with van der Waals surface area (Å²) >= 11 is 0. The third-order valence-electron chi connectivity index (χ3n) is 4.79. The monoisotopic (exact) mass is 505 g/mol. The first-order valence-electron chi connectivity index (χ1n) is 8.69. The Kier molecular flexibility index (Phi) is 9.23. The Morgan fingerprint density at radius 2 is 1.93 bits per heavy atom. The van der Waals surface area contributed by atoms with Crippen LogP contribution in [0, 0.1) is 17.6 Å². The van der Waals surface area contributed by atoms with E-state index in [0.29, 0.717) is 30.9 Å². The molecule has 2 rings (SSSR count). The predicted molar refractivity (Wildman–Crippen MR) is 106 cm³/mol. The molecule has 9 heteroatoms. The molecule has 0 aliphatic heterocycles. The second-order valence-corrected chi connectivity index (χ2v) is 6.77. The minimum absolute atomic E-state index is 0. The smallest absolute Gasteiger partial charge is 0.356 e. The molecule has 1 saturated carbocycles. The van der Waals surface area contributed by atoms with Crippen molar-refractivity contribution in [2.24, 2.45) is 10.9 Å². The van der Waals surface area contributed by atoms with Crippen molar-refractivity contribution in [1.82, 2.24) is 10.6 Å². The van der Waals surface area contributed by atoms with Crippen LogP contribution in [0.2, 0.25) is 0 Å². The highest BCUT2D eigenvalue weighted by Crippen LogP contribution is 2.37. The van der Waals surface area contributed by atoms with Crippen molar-refractivity contribution < 1.29 is 22.0 Å². The zero-order chi connectivity index (χ0) is 19.3. The zero-order valence-electron chi connectivity index (χ0n) is 15.2. The molecule has 0 radical (unpaired) electrons. The number of benzene rings is 1. The van der Waals surface area contributed by atoms with Gasteiger partial charge in [0.25, 0.3) is 0 Å². The predicted octanol–water partition coefficient (Wildman–Crippen LogP) is 4.97. The third-order valence-corrected chi connectivity index (χ3v) is 4.79. The molecule has 1 aromatic rings. The lowest BCUT2D eigenvalue weighted by Gasteiger charge is -2.32. The number of alkyl halides is 3. The first-order valence-corrected chi connectivity index (χ1v) is 8.69. The summed E-state index contributed by atoms with van der Waals surface area (Å²) in [5.74, 6) is -2.81. The molecule has 0 bridgehead atoms. The zero-order valence-corrected chi connectivity index (χ0v) is 17.6. The van der Waals surface area contributed by atoms with Gasteiger partial charge in [-0.1, -0.05) is 19.4 Å². The van der Waals surface area contributed by atoms with E-state index in [4.69, 9.17) is 0 Å². The van der Waals surface area contributed by atoms with E-state index in [1.165, 1.54) is 6.07 Å². The van der Waals surface area contributed by atoms with Gasteiger partial charge in [-0.3, -0.25) is 4.99 Å². The van der Waals surface area contributed by atoms with Gasteiger partial charge in [0, 0.05) is 19.6 Å². The van der Waals surface area contributed by atoms with Gasteiger partial charge >= 0.3 is 6.18 Å². The number of guanidine groups is 1. The van der Waals surface area contributed by atoms with Crippen molar-refractivity contribution >= 4 is 29.9 Å². The lowest BCUT2D eigenvalue weighted by Crippen LogP contribution is -2.47. The highest BCUT2D eigenvalue weighted by Gasteiger charge is 2.42. The van der Waals surface area contributed by atoms with Gasteiger partial charge in [-0.25, -0.2) is 8.78 Å². The van der Waals surface area contributed by atoms with Gasteiger partial charge in [0.1, 0.15) is 0 Å². The maximum Gasteiger partial charge on any atom is 0.391 e. The molecule has 2 N–H and O–H groups in total. The molecule has 0 saturated heterocycles. The average Bonchev–Trinajstić information content (AvgIpc) is 2.60. The maximum atomic E-state index is 13.3. The topological polar surface area (TPSA) is 36.4 Å². The Bertz CT molecular complexity index is 636. The lowest BCUT2D eigenvalue weighted by molar-refractivity contribution is -0.183. The first kappa shape index (κ1) is 23.9. The molecule has 1 fully saturated rings. The molecule has 0 heterocycles. The van der Waals surface area contributed by atoms with Crippen LogP contribution in [0.5, 0.6) is 0 Å². The molecule has 154 valence electrons. The van der Waals surface area contributed by atoms with Crippen molar-refractivity contribution in [2.75, 3.05) is 13.6 Å². The van der Waals surface area contributed by atoms with Crippen LogP contribution < -0.4 is 10.6 Å². The number of rotatable bonds is 4. The van der Waals surface area contributed by atoms with Crippen LogP contribution in [0.4, 0.5) is 22.0 Å². The Balaban J connectivity index is 0.00000364. The van der Waals surface area contributed by atoms with Crippen LogP contribution in [0.1, 0.15) is 44.1 Å². The molecule has 0 aromatic heterocycles. The minimum atomic E-state index is -4.17. The largest absolute Gasteiger partial charge is 0.391 e. The summed E-state index contributed by atoms with van der Waals surface area (Å²) in [6.07, 6.45) is -2.79. The number of hydrogen-bond acceptors (Lipinski definition) is 1. The molecular weight excluding hydrogens is 480 g/mol. The van der Waals surface area contributed by atoms with Gasteiger partial charge < -0.3 is 10.6 Å². The Morgan fingerprint density at radius 1 is 1.22 bits per heavy atom. The molecule has 1 aliphatic carbocycles. The van der Waals surface area contributed by atoms with Gasteiger partial charge in [0.05, 0.1) is 5.92 Å². The summed E-state index contributed by atoms with van der Waals surface area (Å²) < 4.78 is 65.0. The quantitative estimate of drug-likeness (QED) is 0.263. The average molecular weight is 505 g/mol. The second kappa shape index (κ2) is 10.4. The summed E-state index contributed by atoms with van der Waals surface area (Å²) in [6.45, 7) is 2.23. The molecule has 3 nitrogen and oxygen atoms in total. The number of nitrogens with one attached hydrogen (secondary N) is 2. The van der Waals surface area contributed by atoms with Crippen LogP contribution in [-0.4, -0.2) is 31.8 Å². The van der Waals surface area contributed by atoms with E-state index in [1.54, 1.807) is 7.05 Å². The number of hydrogen-bond donors (Lipinski definition) is 2. The molecule has 0 amide bonds. The summed E-state index contributed by atoms with van der Waals surface area (Å²) in [6, 6.07) is 3.44. The standard InChI is InChI=1S/C18H24F5N3.HI/c1-11(12-6-7-15(19)16(20)8-12)10-25-17(24-2)26-14-5-3-4-13(9-14)18(21,22)23;/h6-8,11,13-14H,3-5,9-10H2,1-2H3,(H2,24,25,26);1H. The Labute approximate surface area is 173 Å².